The molecule has 0 amide bonds. The number of rotatable bonds is 4. The van der Waals surface area contributed by atoms with Crippen molar-refractivity contribution in [2.24, 2.45) is 5.92 Å². The van der Waals surface area contributed by atoms with Gasteiger partial charge in [0.1, 0.15) is 0 Å². The summed E-state index contributed by atoms with van der Waals surface area (Å²) in [7, 11) is 0. The molecule has 0 radical (unpaired) electrons. The Balaban J connectivity index is 1.73. The van der Waals surface area contributed by atoms with E-state index in [1.807, 2.05) is 12.1 Å². The maximum Gasteiger partial charge on any atom is 0.237 e. The molecule has 0 saturated carbocycles. The van der Waals surface area contributed by atoms with E-state index in [2.05, 4.69) is 10.3 Å². The number of hydrogen-bond donors (Lipinski definition) is 2. The molecule has 0 unspecified atom stereocenters. The summed E-state index contributed by atoms with van der Waals surface area (Å²) >= 11 is 0. The van der Waals surface area contributed by atoms with Crippen LogP contribution in [0.25, 0.3) is 0 Å². The minimum Gasteiger partial charge on any atom is -0.476 e. The van der Waals surface area contributed by atoms with Gasteiger partial charge in [-0.2, -0.15) is 0 Å². The maximum atomic E-state index is 5.74. The van der Waals surface area contributed by atoms with E-state index >= 15 is 0 Å². The maximum absolute atomic E-state index is 5.74. The van der Waals surface area contributed by atoms with Crippen LogP contribution in [0, 0.1) is 5.92 Å². The van der Waals surface area contributed by atoms with Gasteiger partial charge in [-0.05, 0) is 50.4 Å². The quantitative estimate of drug-likeness (QED) is 0.807. The summed E-state index contributed by atoms with van der Waals surface area (Å²) in [5, 5.41) is 3.36. The molecule has 1 aliphatic heterocycles. The van der Waals surface area contributed by atoms with E-state index in [1.54, 1.807) is 6.20 Å². The zero-order valence-corrected chi connectivity index (χ0v) is 9.48. The lowest BCUT2D eigenvalue weighted by Crippen LogP contribution is -2.28. The van der Waals surface area contributed by atoms with Crippen molar-refractivity contribution in [1.82, 2.24) is 10.3 Å². The number of aromatic nitrogens is 1. The summed E-state index contributed by atoms with van der Waals surface area (Å²) in [6.07, 6.45) is 5.30. The second-order valence-corrected chi connectivity index (χ2v) is 4.23. The van der Waals surface area contributed by atoms with E-state index in [1.165, 1.54) is 12.8 Å². The summed E-state index contributed by atoms with van der Waals surface area (Å²) in [4.78, 5) is 4.10. The number of nitrogens with one attached hydrogen (secondary N) is 1. The highest BCUT2D eigenvalue weighted by Crippen LogP contribution is 2.19. The van der Waals surface area contributed by atoms with E-state index in [9.17, 15) is 0 Å². The number of nitrogens with zero attached hydrogens (tertiary/aromatic N) is 1. The molecule has 2 heterocycles. The van der Waals surface area contributed by atoms with Crippen LogP contribution < -0.4 is 15.8 Å². The molecule has 1 aromatic rings. The number of piperidine rings is 1. The Morgan fingerprint density at radius 1 is 1.44 bits per heavy atom. The first-order valence-corrected chi connectivity index (χ1v) is 5.90. The molecule has 1 aromatic heterocycles. The molecule has 0 spiro atoms. The van der Waals surface area contributed by atoms with Crippen LogP contribution in [0.5, 0.6) is 5.88 Å². The van der Waals surface area contributed by atoms with Crippen molar-refractivity contribution >= 4 is 5.69 Å². The van der Waals surface area contributed by atoms with Crippen molar-refractivity contribution in [3.8, 4) is 5.88 Å². The Morgan fingerprint density at radius 3 is 3.00 bits per heavy atom. The summed E-state index contributed by atoms with van der Waals surface area (Å²) in [5.41, 5.74) is 6.36. The van der Waals surface area contributed by atoms with Crippen molar-refractivity contribution in [3.63, 3.8) is 0 Å². The highest BCUT2D eigenvalue weighted by Gasteiger charge is 2.13. The van der Waals surface area contributed by atoms with Gasteiger partial charge in [-0.15, -0.1) is 0 Å². The molecule has 4 nitrogen and oxygen atoms in total. The number of nitrogens with two attached hydrogens (primary N) is 1. The fraction of sp³-hybridized carbons (Fsp3) is 0.583. The van der Waals surface area contributed by atoms with Gasteiger partial charge in [0.15, 0.2) is 0 Å². The molecular formula is C12H19N3O. The minimum absolute atomic E-state index is 0.566. The zero-order valence-electron chi connectivity index (χ0n) is 9.48. The molecule has 2 rings (SSSR count). The first-order chi connectivity index (χ1) is 7.86. The predicted octanol–water partition coefficient (Wildman–Crippen LogP) is 1.43. The summed E-state index contributed by atoms with van der Waals surface area (Å²) in [6.45, 7) is 2.98. The molecule has 0 aromatic carbocycles. The minimum atomic E-state index is 0.566. The van der Waals surface area contributed by atoms with Gasteiger partial charge in [0.25, 0.3) is 0 Å². The number of nitrogen functional groups attached to an aromatic ring is 1. The Labute approximate surface area is 96.2 Å². The third-order valence-corrected chi connectivity index (χ3v) is 3.02. The van der Waals surface area contributed by atoms with E-state index in [4.69, 9.17) is 10.5 Å². The fourth-order valence-corrected chi connectivity index (χ4v) is 2.02. The molecule has 1 saturated heterocycles. The van der Waals surface area contributed by atoms with Crippen LogP contribution in [0.4, 0.5) is 5.69 Å². The summed E-state index contributed by atoms with van der Waals surface area (Å²) in [6, 6.07) is 3.63. The average molecular weight is 221 g/mol. The second-order valence-electron chi connectivity index (χ2n) is 4.23. The van der Waals surface area contributed by atoms with Gasteiger partial charge in [-0.3, -0.25) is 0 Å². The van der Waals surface area contributed by atoms with Crippen LogP contribution in [-0.4, -0.2) is 24.7 Å². The van der Waals surface area contributed by atoms with Crippen LogP contribution in [-0.2, 0) is 0 Å². The molecule has 1 aliphatic rings. The zero-order chi connectivity index (χ0) is 11.2. The Morgan fingerprint density at radius 2 is 2.25 bits per heavy atom. The van der Waals surface area contributed by atoms with Crippen LogP contribution in [0.1, 0.15) is 19.3 Å². The fourth-order valence-electron chi connectivity index (χ4n) is 2.02. The van der Waals surface area contributed by atoms with E-state index in [0.717, 1.165) is 25.4 Å². The standard InChI is InChI=1S/C12H19N3O/c13-11-2-1-6-15-12(11)16-9-5-10-3-7-14-8-4-10/h1-2,6,10,14H,3-5,7-9,13H2. The highest BCUT2D eigenvalue weighted by molar-refractivity contribution is 5.46. The number of pyridine rings is 1. The van der Waals surface area contributed by atoms with Crippen LogP contribution in [0.15, 0.2) is 18.3 Å². The van der Waals surface area contributed by atoms with E-state index in [0.29, 0.717) is 18.2 Å². The SMILES string of the molecule is Nc1cccnc1OCCC1CCNCC1. The third kappa shape index (κ3) is 3.10. The molecule has 4 heteroatoms. The Hall–Kier alpha value is -1.29. The van der Waals surface area contributed by atoms with Crippen LogP contribution in [0.3, 0.4) is 0 Å². The lowest BCUT2D eigenvalue weighted by molar-refractivity contribution is 0.246. The summed E-state index contributed by atoms with van der Waals surface area (Å²) < 4.78 is 5.58. The van der Waals surface area contributed by atoms with Gasteiger partial charge in [0, 0.05) is 6.20 Å². The molecule has 0 bridgehead atoms. The van der Waals surface area contributed by atoms with Crippen molar-refractivity contribution in [3.05, 3.63) is 18.3 Å². The second kappa shape index (κ2) is 5.70. The van der Waals surface area contributed by atoms with Crippen molar-refractivity contribution in [1.29, 1.82) is 0 Å². The molecule has 0 aliphatic carbocycles. The largest absolute Gasteiger partial charge is 0.476 e. The van der Waals surface area contributed by atoms with E-state index in [-0.39, 0.29) is 0 Å². The normalized spacial score (nSPS) is 17.2. The first-order valence-electron chi connectivity index (χ1n) is 5.90. The molecule has 0 atom stereocenters. The molecule has 3 N–H and O–H groups in total. The van der Waals surface area contributed by atoms with Crippen molar-refractivity contribution < 1.29 is 4.74 Å². The van der Waals surface area contributed by atoms with Gasteiger partial charge in [-0.1, -0.05) is 0 Å². The number of anilines is 1. The monoisotopic (exact) mass is 221 g/mol. The van der Waals surface area contributed by atoms with E-state index < -0.39 is 0 Å². The van der Waals surface area contributed by atoms with Gasteiger partial charge >= 0.3 is 0 Å². The highest BCUT2D eigenvalue weighted by atomic mass is 16.5. The number of ether oxygens (including phenoxy) is 1. The van der Waals surface area contributed by atoms with Crippen molar-refractivity contribution in [2.75, 3.05) is 25.4 Å². The van der Waals surface area contributed by atoms with Crippen LogP contribution in [0.2, 0.25) is 0 Å². The molecule has 88 valence electrons. The molecular weight excluding hydrogens is 202 g/mol. The smallest absolute Gasteiger partial charge is 0.237 e. The average Bonchev–Trinajstić information content (AvgIpc) is 2.33. The Bertz CT molecular complexity index is 324. The topological polar surface area (TPSA) is 60.2 Å². The Kier molecular flexibility index (Phi) is 3.99. The predicted molar refractivity (Wildman–Crippen MR) is 64.4 cm³/mol. The van der Waals surface area contributed by atoms with Gasteiger partial charge < -0.3 is 15.8 Å². The first kappa shape index (κ1) is 11.2. The number of hydrogen-bond acceptors (Lipinski definition) is 4. The lowest BCUT2D eigenvalue weighted by atomic mass is 9.95. The van der Waals surface area contributed by atoms with Gasteiger partial charge in [0.05, 0.1) is 12.3 Å². The van der Waals surface area contributed by atoms with Gasteiger partial charge in [-0.25, -0.2) is 4.98 Å². The van der Waals surface area contributed by atoms with Gasteiger partial charge in [0.2, 0.25) is 5.88 Å². The molecule has 1 fully saturated rings. The van der Waals surface area contributed by atoms with Crippen molar-refractivity contribution in [2.45, 2.75) is 19.3 Å². The third-order valence-electron chi connectivity index (χ3n) is 3.02. The summed E-state index contributed by atoms with van der Waals surface area (Å²) in [5.74, 6) is 1.35. The molecule has 16 heavy (non-hydrogen) atoms. The lowest BCUT2D eigenvalue weighted by Gasteiger charge is -2.22. The van der Waals surface area contributed by atoms with Crippen LogP contribution >= 0.6 is 0 Å².